The standard InChI is InChI=1S/C28H28/c1-4-23-25-17-11-12-18-26(25)28(2,3)27(23)24(22-15-9-6-10-16-22)20-19-21-13-7-5-8-14-21/h5-20,24H,4H2,1-3H3/b20-19+. The summed E-state index contributed by atoms with van der Waals surface area (Å²) in [5.74, 6) is 0.263. The van der Waals surface area contributed by atoms with Crippen LogP contribution in [0.2, 0.25) is 0 Å². The summed E-state index contributed by atoms with van der Waals surface area (Å²) in [5.41, 5.74) is 8.55. The molecule has 28 heavy (non-hydrogen) atoms. The first kappa shape index (κ1) is 18.5. The Morgan fingerprint density at radius 1 is 0.786 bits per heavy atom. The lowest BCUT2D eigenvalue weighted by atomic mass is 9.73. The number of hydrogen-bond acceptors (Lipinski definition) is 0. The second-order valence-corrected chi connectivity index (χ2v) is 8.07. The van der Waals surface area contributed by atoms with Gasteiger partial charge in [-0.1, -0.05) is 118 Å². The Kier molecular flexibility index (Phi) is 5.05. The maximum absolute atomic E-state index is 2.39. The van der Waals surface area contributed by atoms with E-state index in [0.717, 1.165) is 6.42 Å². The second-order valence-electron chi connectivity index (χ2n) is 8.07. The molecule has 1 atom stereocenters. The number of fused-ring (bicyclic) bond motifs is 1. The minimum Gasteiger partial charge on any atom is -0.0723 e. The molecule has 3 aromatic carbocycles. The van der Waals surface area contributed by atoms with Gasteiger partial charge in [-0.3, -0.25) is 0 Å². The second kappa shape index (κ2) is 7.64. The highest BCUT2D eigenvalue weighted by molar-refractivity contribution is 5.82. The monoisotopic (exact) mass is 364 g/mol. The normalized spacial score (nSPS) is 16.4. The van der Waals surface area contributed by atoms with Crippen LogP contribution in [0.3, 0.4) is 0 Å². The van der Waals surface area contributed by atoms with Crippen molar-refractivity contribution in [3.63, 3.8) is 0 Å². The van der Waals surface area contributed by atoms with Crippen LogP contribution in [0.1, 0.15) is 55.4 Å². The van der Waals surface area contributed by atoms with Gasteiger partial charge in [0.1, 0.15) is 0 Å². The fourth-order valence-corrected chi connectivity index (χ4v) is 4.72. The van der Waals surface area contributed by atoms with Gasteiger partial charge in [0.25, 0.3) is 0 Å². The molecule has 4 rings (SSSR count). The fourth-order valence-electron chi connectivity index (χ4n) is 4.72. The molecule has 0 fully saturated rings. The van der Waals surface area contributed by atoms with Gasteiger partial charge in [0.05, 0.1) is 0 Å². The van der Waals surface area contributed by atoms with Crippen LogP contribution in [0.15, 0.2) is 96.6 Å². The lowest BCUT2D eigenvalue weighted by Crippen LogP contribution is -2.21. The van der Waals surface area contributed by atoms with E-state index < -0.39 is 0 Å². The van der Waals surface area contributed by atoms with Crippen molar-refractivity contribution in [2.75, 3.05) is 0 Å². The molecule has 1 unspecified atom stereocenters. The van der Waals surface area contributed by atoms with Crippen molar-refractivity contribution >= 4 is 11.6 Å². The molecule has 0 aliphatic heterocycles. The number of hydrogen-bond donors (Lipinski definition) is 0. The summed E-state index contributed by atoms with van der Waals surface area (Å²) in [5, 5.41) is 0. The number of benzene rings is 3. The van der Waals surface area contributed by atoms with Crippen LogP contribution in [0.4, 0.5) is 0 Å². The van der Waals surface area contributed by atoms with E-state index in [1.54, 1.807) is 0 Å². The molecule has 0 radical (unpaired) electrons. The number of allylic oxidation sites excluding steroid dienone is 3. The first-order valence-corrected chi connectivity index (χ1v) is 10.2. The molecule has 1 aliphatic rings. The zero-order chi connectivity index (χ0) is 19.6. The van der Waals surface area contributed by atoms with E-state index in [4.69, 9.17) is 0 Å². The predicted molar refractivity (Wildman–Crippen MR) is 121 cm³/mol. The molecule has 0 amide bonds. The molecule has 0 heterocycles. The van der Waals surface area contributed by atoms with Crippen LogP contribution in [0.5, 0.6) is 0 Å². The van der Waals surface area contributed by atoms with Crippen LogP contribution < -0.4 is 0 Å². The Balaban J connectivity index is 1.88. The van der Waals surface area contributed by atoms with Gasteiger partial charge in [0, 0.05) is 11.3 Å². The van der Waals surface area contributed by atoms with Gasteiger partial charge in [0.2, 0.25) is 0 Å². The summed E-state index contributed by atoms with van der Waals surface area (Å²) in [4.78, 5) is 0. The Bertz CT molecular complexity index is 1000. The molecule has 140 valence electrons. The average Bonchev–Trinajstić information content (AvgIpc) is 2.97. The van der Waals surface area contributed by atoms with Crippen LogP contribution in [-0.2, 0) is 5.41 Å². The molecule has 1 aliphatic carbocycles. The van der Waals surface area contributed by atoms with Crippen molar-refractivity contribution in [2.45, 2.75) is 38.5 Å². The third kappa shape index (κ3) is 3.24. The van der Waals surface area contributed by atoms with Crippen molar-refractivity contribution in [2.24, 2.45) is 0 Å². The van der Waals surface area contributed by atoms with E-state index in [0.29, 0.717) is 0 Å². The Morgan fingerprint density at radius 3 is 2.07 bits per heavy atom. The zero-order valence-corrected chi connectivity index (χ0v) is 17.0. The van der Waals surface area contributed by atoms with E-state index in [1.807, 2.05) is 0 Å². The summed E-state index contributed by atoms with van der Waals surface area (Å²) in [6, 6.07) is 30.5. The lowest BCUT2D eigenvalue weighted by molar-refractivity contribution is 0.604. The molecule has 0 spiro atoms. The molecule has 0 nitrogen and oxygen atoms in total. The molecule has 0 saturated carbocycles. The van der Waals surface area contributed by atoms with Gasteiger partial charge in [-0.15, -0.1) is 0 Å². The molecule has 3 aromatic rings. The highest BCUT2D eigenvalue weighted by Crippen LogP contribution is 2.52. The van der Waals surface area contributed by atoms with Gasteiger partial charge < -0.3 is 0 Å². The third-order valence-corrected chi connectivity index (χ3v) is 6.03. The van der Waals surface area contributed by atoms with Crippen LogP contribution in [0, 0.1) is 0 Å². The van der Waals surface area contributed by atoms with E-state index in [2.05, 4.69) is 118 Å². The molecule has 0 N–H and O–H groups in total. The lowest BCUT2D eigenvalue weighted by Gasteiger charge is -2.30. The topological polar surface area (TPSA) is 0 Å². The highest BCUT2D eigenvalue weighted by atomic mass is 14.4. The molecule has 0 heteroatoms. The smallest absolute Gasteiger partial charge is 0.0246 e. The molecular formula is C28H28. The van der Waals surface area contributed by atoms with Crippen molar-refractivity contribution in [1.82, 2.24) is 0 Å². The van der Waals surface area contributed by atoms with Crippen molar-refractivity contribution in [3.05, 3.63) is 119 Å². The van der Waals surface area contributed by atoms with Gasteiger partial charge in [-0.2, -0.15) is 0 Å². The largest absolute Gasteiger partial charge is 0.0723 e. The first-order valence-electron chi connectivity index (χ1n) is 10.2. The van der Waals surface area contributed by atoms with Crippen LogP contribution in [0.25, 0.3) is 11.6 Å². The molecular weight excluding hydrogens is 336 g/mol. The van der Waals surface area contributed by atoms with Gasteiger partial charge in [-0.05, 0) is 39.8 Å². The fraction of sp³-hybridized carbons (Fsp3) is 0.214. The summed E-state index contributed by atoms with van der Waals surface area (Å²) < 4.78 is 0. The summed E-state index contributed by atoms with van der Waals surface area (Å²) in [7, 11) is 0. The maximum Gasteiger partial charge on any atom is 0.0246 e. The minimum absolute atomic E-state index is 0.0173. The van der Waals surface area contributed by atoms with Gasteiger partial charge in [-0.25, -0.2) is 0 Å². The van der Waals surface area contributed by atoms with Crippen molar-refractivity contribution in [1.29, 1.82) is 0 Å². The van der Waals surface area contributed by atoms with E-state index in [-0.39, 0.29) is 11.3 Å². The summed E-state index contributed by atoms with van der Waals surface area (Å²) in [6.45, 7) is 7.06. The first-order chi connectivity index (χ1) is 13.6. The Labute approximate surface area is 169 Å². The predicted octanol–water partition coefficient (Wildman–Crippen LogP) is 7.64. The van der Waals surface area contributed by atoms with Crippen LogP contribution in [-0.4, -0.2) is 0 Å². The zero-order valence-electron chi connectivity index (χ0n) is 17.0. The quantitative estimate of drug-likeness (QED) is 0.436. The average molecular weight is 365 g/mol. The van der Waals surface area contributed by atoms with Crippen LogP contribution >= 0.6 is 0 Å². The van der Waals surface area contributed by atoms with E-state index in [9.17, 15) is 0 Å². The van der Waals surface area contributed by atoms with E-state index in [1.165, 1.54) is 33.4 Å². The molecule has 0 aromatic heterocycles. The SMILES string of the molecule is CCC1=C(C(/C=C/c2ccccc2)c2ccccc2)C(C)(C)c2ccccc21. The molecule has 0 saturated heterocycles. The van der Waals surface area contributed by atoms with Crippen molar-refractivity contribution < 1.29 is 0 Å². The summed E-state index contributed by atoms with van der Waals surface area (Å²) >= 11 is 0. The molecule has 0 bridgehead atoms. The summed E-state index contributed by atoms with van der Waals surface area (Å²) in [6.07, 6.45) is 5.72. The maximum atomic E-state index is 2.39. The highest BCUT2D eigenvalue weighted by Gasteiger charge is 2.39. The van der Waals surface area contributed by atoms with Crippen molar-refractivity contribution in [3.8, 4) is 0 Å². The number of rotatable bonds is 5. The minimum atomic E-state index is 0.0173. The Morgan fingerprint density at radius 2 is 1.39 bits per heavy atom. The van der Waals surface area contributed by atoms with Gasteiger partial charge >= 0.3 is 0 Å². The third-order valence-electron chi connectivity index (χ3n) is 6.03. The van der Waals surface area contributed by atoms with E-state index >= 15 is 0 Å². The van der Waals surface area contributed by atoms with Gasteiger partial charge in [0.15, 0.2) is 0 Å². The Hall–Kier alpha value is -2.86.